The second-order valence-corrected chi connectivity index (χ2v) is 6.12. The minimum absolute atomic E-state index is 0.493. The molecule has 7 heteroatoms. The van der Waals surface area contributed by atoms with Gasteiger partial charge >= 0.3 is 0 Å². The third-order valence-corrected chi connectivity index (χ3v) is 4.23. The number of para-hydroxylation sites is 2. The number of thioether (sulfide) groups is 1. The fourth-order valence-corrected chi connectivity index (χ4v) is 2.87. The van der Waals surface area contributed by atoms with Crippen molar-refractivity contribution < 1.29 is 8.94 Å². The van der Waals surface area contributed by atoms with Gasteiger partial charge in [-0.15, -0.1) is 0 Å². The molecule has 0 amide bonds. The van der Waals surface area contributed by atoms with Crippen molar-refractivity contribution in [2.75, 3.05) is 0 Å². The average molecular weight is 344 g/mol. The van der Waals surface area contributed by atoms with Crippen molar-refractivity contribution >= 4 is 34.5 Å². The highest BCUT2D eigenvalue weighted by Crippen LogP contribution is 2.26. The summed E-state index contributed by atoms with van der Waals surface area (Å²) in [6.07, 6.45) is 0. The van der Waals surface area contributed by atoms with Gasteiger partial charge in [-0.1, -0.05) is 40.7 Å². The van der Waals surface area contributed by atoms with E-state index >= 15 is 0 Å². The van der Waals surface area contributed by atoms with Crippen molar-refractivity contribution in [3.63, 3.8) is 0 Å². The molecule has 0 aliphatic heterocycles. The van der Waals surface area contributed by atoms with E-state index in [9.17, 15) is 0 Å². The molecule has 4 aromatic rings. The minimum atomic E-state index is 0.493. The molecular formula is C16H10ClN3O2S. The molecule has 114 valence electrons. The van der Waals surface area contributed by atoms with E-state index in [1.54, 1.807) is 12.1 Å². The summed E-state index contributed by atoms with van der Waals surface area (Å²) in [4.78, 5) is 8.76. The van der Waals surface area contributed by atoms with Crippen LogP contribution < -0.4 is 0 Å². The number of oxazole rings is 1. The average Bonchev–Trinajstić information content (AvgIpc) is 3.20. The van der Waals surface area contributed by atoms with E-state index in [1.807, 2.05) is 36.4 Å². The van der Waals surface area contributed by atoms with E-state index < -0.39 is 0 Å². The zero-order valence-corrected chi connectivity index (χ0v) is 13.3. The standard InChI is InChI=1S/C16H10ClN3O2S/c17-11-7-5-10(6-8-11)15-19-14(22-20-15)9-23-16-18-12-3-1-2-4-13(12)21-16/h1-8H,9H2. The molecule has 0 N–H and O–H groups in total. The molecule has 4 rings (SSSR count). The SMILES string of the molecule is Clc1ccc(-c2noc(CSc3nc4ccccc4o3)n2)cc1. The highest BCUT2D eigenvalue weighted by molar-refractivity contribution is 7.98. The molecule has 0 bridgehead atoms. The smallest absolute Gasteiger partial charge is 0.257 e. The fraction of sp³-hybridized carbons (Fsp3) is 0.0625. The topological polar surface area (TPSA) is 65.0 Å². The van der Waals surface area contributed by atoms with Gasteiger partial charge in [0.1, 0.15) is 5.52 Å². The van der Waals surface area contributed by atoms with Crippen LogP contribution in [0.15, 0.2) is 62.7 Å². The maximum atomic E-state index is 5.87. The second kappa shape index (κ2) is 6.06. The molecule has 2 aromatic carbocycles. The maximum Gasteiger partial charge on any atom is 0.257 e. The van der Waals surface area contributed by atoms with E-state index in [0.29, 0.717) is 27.7 Å². The lowest BCUT2D eigenvalue weighted by atomic mass is 10.2. The number of fused-ring (bicyclic) bond motifs is 1. The molecule has 2 heterocycles. The zero-order valence-electron chi connectivity index (χ0n) is 11.8. The molecule has 2 aromatic heterocycles. The van der Waals surface area contributed by atoms with Crippen LogP contribution >= 0.6 is 23.4 Å². The third kappa shape index (κ3) is 3.09. The Labute approximate surface area is 140 Å². The molecule has 0 aliphatic carbocycles. The zero-order chi connectivity index (χ0) is 15.6. The summed E-state index contributed by atoms with van der Waals surface area (Å²) in [6, 6.07) is 14.9. The maximum absolute atomic E-state index is 5.87. The van der Waals surface area contributed by atoms with E-state index in [2.05, 4.69) is 15.1 Å². The Morgan fingerprint density at radius 3 is 2.65 bits per heavy atom. The van der Waals surface area contributed by atoms with Gasteiger partial charge in [0.15, 0.2) is 5.58 Å². The van der Waals surface area contributed by atoms with Crippen LogP contribution in [0.3, 0.4) is 0 Å². The Kier molecular flexibility index (Phi) is 3.77. The van der Waals surface area contributed by atoms with Crippen LogP contribution in [0.5, 0.6) is 0 Å². The molecule has 0 spiro atoms. The number of benzene rings is 2. The van der Waals surface area contributed by atoms with Gasteiger partial charge in [0.25, 0.3) is 5.22 Å². The first-order valence-corrected chi connectivity index (χ1v) is 8.21. The van der Waals surface area contributed by atoms with Gasteiger partial charge in [-0.2, -0.15) is 4.98 Å². The predicted octanol–water partition coefficient (Wildman–Crippen LogP) is 4.82. The molecule has 0 fully saturated rings. The number of halogens is 1. The van der Waals surface area contributed by atoms with Crippen molar-refractivity contribution in [1.29, 1.82) is 0 Å². The Bertz CT molecular complexity index is 916. The Hall–Kier alpha value is -2.31. The quantitative estimate of drug-likeness (QED) is 0.495. The minimum Gasteiger partial charge on any atom is -0.431 e. The van der Waals surface area contributed by atoms with E-state index in [4.69, 9.17) is 20.5 Å². The molecule has 0 saturated carbocycles. The summed E-state index contributed by atoms with van der Waals surface area (Å²) in [7, 11) is 0. The molecule has 0 aliphatic rings. The normalized spacial score (nSPS) is 11.2. The van der Waals surface area contributed by atoms with Crippen LogP contribution in [-0.2, 0) is 5.75 Å². The highest BCUT2D eigenvalue weighted by Gasteiger charge is 2.11. The van der Waals surface area contributed by atoms with Gasteiger partial charge in [-0.05, 0) is 36.4 Å². The van der Waals surface area contributed by atoms with Crippen molar-refractivity contribution in [1.82, 2.24) is 15.1 Å². The highest BCUT2D eigenvalue weighted by atomic mass is 35.5. The summed E-state index contributed by atoms with van der Waals surface area (Å²) in [5.74, 6) is 1.55. The Morgan fingerprint density at radius 2 is 1.83 bits per heavy atom. The second-order valence-electron chi connectivity index (χ2n) is 4.75. The number of aromatic nitrogens is 3. The number of hydrogen-bond acceptors (Lipinski definition) is 6. The van der Waals surface area contributed by atoms with Gasteiger partial charge in [-0.25, -0.2) is 4.98 Å². The van der Waals surface area contributed by atoms with Crippen LogP contribution in [0.4, 0.5) is 0 Å². The van der Waals surface area contributed by atoms with Gasteiger partial charge in [0, 0.05) is 10.6 Å². The largest absolute Gasteiger partial charge is 0.431 e. The number of rotatable bonds is 4. The first kappa shape index (κ1) is 14.3. The summed E-state index contributed by atoms with van der Waals surface area (Å²) in [5, 5.41) is 5.23. The summed E-state index contributed by atoms with van der Waals surface area (Å²) in [5.41, 5.74) is 2.46. The Morgan fingerprint density at radius 1 is 1.00 bits per heavy atom. The van der Waals surface area contributed by atoms with E-state index in [1.165, 1.54) is 11.8 Å². The monoisotopic (exact) mass is 343 g/mol. The summed E-state index contributed by atoms with van der Waals surface area (Å²) in [6.45, 7) is 0. The van der Waals surface area contributed by atoms with Crippen LogP contribution in [0.25, 0.3) is 22.5 Å². The molecule has 0 saturated heterocycles. The van der Waals surface area contributed by atoms with Gasteiger partial charge < -0.3 is 8.94 Å². The lowest BCUT2D eigenvalue weighted by Crippen LogP contribution is -1.82. The first-order valence-electron chi connectivity index (χ1n) is 6.85. The molecule has 23 heavy (non-hydrogen) atoms. The van der Waals surface area contributed by atoms with Gasteiger partial charge in [0.2, 0.25) is 11.7 Å². The number of hydrogen-bond donors (Lipinski definition) is 0. The van der Waals surface area contributed by atoms with Crippen molar-refractivity contribution in [2.45, 2.75) is 11.0 Å². The Balaban J connectivity index is 1.48. The molecular weight excluding hydrogens is 334 g/mol. The number of nitrogens with zero attached hydrogens (tertiary/aromatic N) is 3. The van der Waals surface area contributed by atoms with E-state index in [-0.39, 0.29) is 0 Å². The van der Waals surface area contributed by atoms with Crippen LogP contribution in [0.1, 0.15) is 5.89 Å². The fourth-order valence-electron chi connectivity index (χ4n) is 2.07. The van der Waals surface area contributed by atoms with Crippen molar-refractivity contribution in [3.05, 3.63) is 59.4 Å². The van der Waals surface area contributed by atoms with Crippen LogP contribution in [-0.4, -0.2) is 15.1 Å². The van der Waals surface area contributed by atoms with Crippen molar-refractivity contribution in [3.8, 4) is 11.4 Å². The van der Waals surface area contributed by atoms with Gasteiger partial charge in [0.05, 0.1) is 5.75 Å². The first-order chi connectivity index (χ1) is 11.3. The van der Waals surface area contributed by atoms with Crippen LogP contribution in [0, 0.1) is 0 Å². The molecule has 0 atom stereocenters. The molecule has 0 unspecified atom stereocenters. The van der Waals surface area contributed by atoms with Crippen LogP contribution in [0.2, 0.25) is 5.02 Å². The molecule has 5 nitrogen and oxygen atoms in total. The lowest BCUT2D eigenvalue weighted by Gasteiger charge is -1.93. The van der Waals surface area contributed by atoms with E-state index in [0.717, 1.165) is 16.7 Å². The lowest BCUT2D eigenvalue weighted by molar-refractivity contribution is 0.391. The summed E-state index contributed by atoms with van der Waals surface area (Å²) < 4.78 is 10.9. The van der Waals surface area contributed by atoms with Crippen molar-refractivity contribution in [2.24, 2.45) is 0 Å². The van der Waals surface area contributed by atoms with Gasteiger partial charge in [-0.3, -0.25) is 0 Å². The summed E-state index contributed by atoms with van der Waals surface area (Å²) >= 11 is 7.29. The third-order valence-electron chi connectivity index (χ3n) is 3.16. The predicted molar refractivity (Wildman–Crippen MR) is 88.3 cm³/mol. The molecule has 0 radical (unpaired) electrons.